The van der Waals surface area contributed by atoms with Gasteiger partial charge in [0.2, 0.25) is 20.0 Å². The predicted octanol–water partition coefficient (Wildman–Crippen LogP) is 4.85. The molecule has 0 aliphatic carbocycles. The van der Waals surface area contributed by atoms with Gasteiger partial charge in [-0.05, 0) is 62.7 Å². The molecule has 3 aromatic carbocycles. The topological polar surface area (TPSA) is 88.5 Å². The Labute approximate surface area is 231 Å². The lowest BCUT2D eigenvalue weighted by Gasteiger charge is -2.24. The maximum Gasteiger partial charge on any atom is 0.243 e. The monoisotopic (exact) mass is 563 g/mol. The van der Waals surface area contributed by atoms with Crippen molar-refractivity contribution in [2.24, 2.45) is 0 Å². The molecule has 0 bridgehead atoms. The lowest BCUT2D eigenvalue weighted by atomic mass is 10.1. The van der Waals surface area contributed by atoms with Crippen LogP contribution in [0.5, 0.6) is 0 Å². The van der Waals surface area contributed by atoms with Gasteiger partial charge in [-0.15, -0.1) is 0 Å². The summed E-state index contributed by atoms with van der Waals surface area (Å²) in [6.07, 6.45) is 0. The molecular formula is C30H33N3O4S2. The van der Waals surface area contributed by atoms with Crippen molar-refractivity contribution in [2.75, 3.05) is 19.6 Å². The van der Waals surface area contributed by atoms with Crippen molar-refractivity contribution >= 4 is 20.0 Å². The molecule has 5 rings (SSSR count). The molecule has 1 atom stereocenters. The zero-order chi connectivity index (χ0) is 27.8. The summed E-state index contributed by atoms with van der Waals surface area (Å²) in [5.41, 5.74) is 6.01. The molecule has 1 aliphatic heterocycles. The normalized spacial score (nSPS) is 16.5. The molecule has 0 amide bonds. The number of rotatable bonds is 7. The molecular weight excluding hydrogens is 530 g/mol. The summed E-state index contributed by atoms with van der Waals surface area (Å²) in [5, 5.41) is 0. The van der Waals surface area contributed by atoms with E-state index in [1.54, 1.807) is 48.5 Å². The summed E-state index contributed by atoms with van der Waals surface area (Å²) in [6.45, 7) is 6.80. The number of sulfonamides is 2. The number of fused-ring (bicyclic) bond motifs is 1. The molecule has 39 heavy (non-hydrogen) atoms. The first-order valence-electron chi connectivity index (χ1n) is 12.9. The van der Waals surface area contributed by atoms with Crippen LogP contribution in [-0.4, -0.2) is 45.3 Å². The molecule has 4 aromatic rings. The molecule has 0 saturated carbocycles. The Morgan fingerprint density at radius 1 is 0.692 bits per heavy atom. The number of hydrogen-bond donors (Lipinski definition) is 1. The van der Waals surface area contributed by atoms with E-state index in [0.29, 0.717) is 6.54 Å². The van der Waals surface area contributed by atoms with Crippen LogP contribution >= 0.6 is 0 Å². The standard InChI is InChI=1S/C30H33N3O4S2/c1-22-4-10-25(11-5-22)29-16-17-30-26(20-31-38(34,35)27-12-6-23(2)7-13-27)21-32(18-19-33(29)30)39(36,37)28-14-8-24(3)9-15-28/h4-17,26,31H,18-21H2,1-3H3. The van der Waals surface area contributed by atoms with Crippen LogP contribution in [0.4, 0.5) is 0 Å². The second-order valence-electron chi connectivity index (χ2n) is 10.2. The highest BCUT2D eigenvalue weighted by Crippen LogP contribution is 2.32. The number of hydrogen-bond acceptors (Lipinski definition) is 4. The zero-order valence-electron chi connectivity index (χ0n) is 22.3. The first-order valence-corrected chi connectivity index (χ1v) is 15.9. The molecule has 2 heterocycles. The van der Waals surface area contributed by atoms with E-state index in [-0.39, 0.29) is 29.4 Å². The van der Waals surface area contributed by atoms with Crippen molar-refractivity contribution in [3.8, 4) is 11.3 Å². The molecule has 0 saturated heterocycles. The average Bonchev–Trinajstić information content (AvgIpc) is 3.23. The van der Waals surface area contributed by atoms with E-state index in [4.69, 9.17) is 0 Å². The fourth-order valence-electron chi connectivity index (χ4n) is 4.97. The maximum atomic E-state index is 13.7. The van der Waals surface area contributed by atoms with Gasteiger partial charge in [-0.25, -0.2) is 21.6 Å². The summed E-state index contributed by atoms with van der Waals surface area (Å²) in [6, 6.07) is 25.7. The Morgan fingerprint density at radius 3 is 1.82 bits per heavy atom. The molecule has 0 spiro atoms. The first kappa shape index (κ1) is 27.3. The number of aromatic nitrogens is 1. The van der Waals surface area contributed by atoms with Crippen molar-refractivity contribution in [1.82, 2.24) is 13.6 Å². The van der Waals surface area contributed by atoms with E-state index in [1.807, 2.05) is 45.0 Å². The third-order valence-corrected chi connectivity index (χ3v) is 10.6. The van der Waals surface area contributed by atoms with Crippen LogP contribution in [0.15, 0.2) is 94.7 Å². The molecule has 1 aromatic heterocycles. The van der Waals surface area contributed by atoms with E-state index in [9.17, 15) is 16.8 Å². The third kappa shape index (κ3) is 5.72. The molecule has 204 valence electrons. The molecule has 9 heteroatoms. The maximum absolute atomic E-state index is 13.7. The summed E-state index contributed by atoms with van der Waals surface area (Å²) in [5.74, 6) is -0.396. The van der Waals surface area contributed by atoms with Gasteiger partial charge in [0.05, 0.1) is 9.79 Å². The van der Waals surface area contributed by atoms with E-state index in [0.717, 1.165) is 33.6 Å². The smallest absolute Gasteiger partial charge is 0.243 e. The molecule has 1 N–H and O–H groups in total. The number of nitrogens with one attached hydrogen (secondary N) is 1. The van der Waals surface area contributed by atoms with Crippen molar-refractivity contribution in [3.63, 3.8) is 0 Å². The summed E-state index contributed by atoms with van der Waals surface area (Å²) < 4.78 is 60.0. The van der Waals surface area contributed by atoms with Crippen LogP contribution in [0.3, 0.4) is 0 Å². The van der Waals surface area contributed by atoms with Gasteiger partial charge >= 0.3 is 0 Å². The summed E-state index contributed by atoms with van der Waals surface area (Å²) >= 11 is 0. The van der Waals surface area contributed by atoms with Crippen LogP contribution in [0, 0.1) is 20.8 Å². The Morgan fingerprint density at radius 2 is 1.23 bits per heavy atom. The highest BCUT2D eigenvalue weighted by atomic mass is 32.2. The minimum atomic E-state index is -3.78. The van der Waals surface area contributed by atoms with Gasteiger partial charge < -0.3 is 4.57 Å². The molecule has 0 radical (unpaired) electrons. The highest BCUT2D eigenvalue weighted by molar-refractivity contribution is 7.89. The van der Waals surface area contributed by atoms with Crippen LogP contribution in [-0.2, 0) is 26.6 Å². The van der Waals surface area contributed by atoms with E-state index in [1.165, 1.54) is 4.31 Å². The lowest BCUT2D eigenvalue weighted by molar-refractivity contribution is 0.392. The van der Waals surface area contributed by atoms with Gasteiger partial charge in [0.1, 0.15) is 0 Å². The van der Waals surface area contributed by atoms with Crippen molar-refractivity contribution in [3.05, 3.63) is 107 Å². The predicted molar refractivity (Wildman–Crippen MR) is 154 cm³/mol. The molecule has 7 nitrogen and oxygen atoms in total. The molecule has 1 unspecified atom stereocenters. The Hall–Kier alpha value is -3.24. The highest BCUT2D eigenvalue weighted by Gasteiger charge is 2.33. The van der Waals surface area contributed by atoms with Crippen LogP contribution in [0.1, 0.15) is 28.3 Å². The Kier molecular flexibility index (Phi) is 7.52. The zero-order valence-corrected chi connectivity index (χ0v) is 24.0. The number of benzene rings is 3. The first-order chi connectivity index (χ1) is 18.5. The second kappa shape index (κ2) is 10.7. The van der Waals surface area contributed by atoms with Crippen molar-refractivity contribution in [2.45, 2.75) is 43.0 Å². The minimum Gasteiger partial charge on any atom is -0.343 e. The summed E-state index contributed by atoms with van der Waals surface area (Å²) in [4.78, 5) is 0.416. The van der Waals surface area contributed by atoms with E-state index >= 15 is 0 Å². The van der Waals surface area contributed by atoms with Crippen LogP contribution < -0.4 is 4.72 Å². The van der Waals surface area contributed by atoms with Crippen molar-refractivity contribution < 1.29 is 16.8 Å². The van der Waals surface area contributed by atoms with E-state index < -0.39 is 26.0 Å². The van der Waals surface area contributed by atoms with Gasteiger partial charge in [0.15, 0.2) is 0 Å². The lowest BCUT2D eigenvalue weighted by Crippen LogP contribution is -2.38. The van der Waals surface area contributed by atoms with Gasteiger partial charge in [-0.3, -0.25) is 0 Å². The van der Waals surface area contributed by atoms with Crippen LogP contribution in [0.25, 0.3) is 11.3 Å². The SMILES string of the molecule is Cc1ccc(-c2ccc3n2CCN(S(=O)(=O)c2ccc(C)cc2)CC3CNS(=O)(=O)c2ccc(C)cc2)cc1. The molecule has 0 fully saturated rings. The fraction of sp³-hybridized carbons (Fsp3) is 0.267. The quantitative estimate of drug-likeness (QED) is 0.348. The van der Waals surface area contributed by atoms with Gasteiger partial charge in [-0.1, -0.05) is 65.2 Å². The largest absolute Gasteiger partial charge is 0.343 e. The third-order valence-electron chi connectivity index (χ3n) is 7.29. The van der Waals surface area contributed by atoms with E-state index in [2.05, 4.69) is 21.4 Å². The Balaban J connectivity index is 1.50. The van der Waals surface area contributed by atoms with Crippen LogP contribution in [0.2, 0.25) is 0 Å². The molecule has 1 aliphatic rings. The second-order valence-corrected chi connectivity index (χ2v) is 13.9. The van der Waals surface area contributed by atoms with Crippen molar-refractivity contribution in [1.29, 1.82) is 0 Å². The summed E-state index contributed by atoms with van der Waals surface area (Å²) in [7, 11) is -7.56. The van der Waals surface area contributed by atoms with Gasteiger partial charge in [-0.2, -0.15) is 4.31 Å². The Bertz CT molecular complexity index is 1670. The average molecular weight is 564 g/mol. The van der Waals surface area contributed by atoms with Gasteiger partial charge in [0, 0.05) is 43.5 Å². The number of nitrogens with zero attached hydrogens (tertiary/aromatic N) is 2. The number of aryl methyl sites for hydroxylation is 3. The fourth-order valence-corrected chi connectivity index (χ4v) is 7.52. The van der Waals surface area contributed by atoms with Gasteiger partial charge in [0.25, 0.3) is 0 Å². The minimum absolute atomic E-state index is 0.0630.